The minimum absolute atomic E-state index is 0.269. The zero-order chi connectivity index (χ0) is 22.5. The molecule has 0 saturated carbocycles. The molecule has 0 radical (unpaired) electrons. The van der Waals surface area contributed by atoms with Crippen LogP contribution in [0.1, 0.15) is 143 Å². The maximum absolute atomic E-state index is 7.84. The Balaban J connectivity index is 3.47. The maximum Gasteiger partial charge on any atom is 0.188 e. The fraction of sp³-hybridized carbons (Fsp3) is 0.963. The monoisotopic (exact) mass is 423 g/mol. The van der Waals surface area contributed by atoms with Crippen LogP contribution in [0.3, 0.4) is 0 Å². The molecule has 3 nitrogen and oxygen atoms in total. The maximum atomic E-state index is 7.84. The Hall–Kier alpha value is -0.730. The molecule has 0 fully saturated rings. The summed E-state index contributed by atoms with van der Waals surface area (Å²) in [6, 6.07) is 0. The third kappa shape index (κ3) is 22.0. The average molecular weight is 424 g/mol. The summed E-state index contributed by atoms with van der Waals surface area (Å²) >= 11 is 0. The van der Waals surface area contributed by atoms with Gasteiger partial charge in [-0.05, 0) is 24.7 Å². The molecular weight excluding hydrogens is 366 g/mol. The highest BCUT2D eigenvalue weighted by atomic mass is 15.2. The lowest BCUT2D eigenvalue weighted by Gasteiger charge is -2.22. The number of nitrogens with one attached hydrogen (secondary N) is 1. The molecule has 0 aliphatic heterocycles. The van der Waals surface area contributed by atoms with E-state index in [0.717, 1.165) is 24.9 Å². The van der Waals surface area contributed by atoms with Crippen molar-refractivity contribution in [2.45, 2.75) is 143 Å². The van der Waals surface area contributed by atoms with Crippen molar-refractivity contribution in [3.8, 4) is 0 Å². The van der Waals surface area contributed by atoms with Gasteiger partial charge in [-0.15, -0.1) is 0 Å². The van der Waals surface area contributed by atoms with Gasteiger partial charge in [0.05, 0.1) is 0 Å². The van der Waals surface area contributed by atoms with Crippen molar-refractivity contribution in [2.75, 3.05) is 13.1 Å². The van der Waals surface area contributed by atoms with Gasteiger partial charge >= 0.3 is 0 Å². The number of nitrogens with zero attached hydrogens (tertiary/aromatic N) is 1. The van der Waals surface area contributed by atoms with E-state index in [9.17, 15) is 0 Å². The fourth-order valence-electron chi connectivity index (χ4n) is 4.18. The molecule has 0 rings (SSSR count). The number of rotatable bonds is 22. The zero-order valence-corrected chi connectivity index (χ0v) is 21.3. The van der Waals surface area contributed by atoms with Crippen LogP contribution in [-0.4, -0.2) is 23.9 Å². The first-order chi connectivity index (χ1) is 14.4. The first-order valence-corrected chi connectivity index (χ1v) is 13.5. The summed E-state index contributed by atoms with van der Waals surface area (Å²) in [5.41, 5.74) is 5.81. The Morgan fingerprint density at radius 2 is 0.800 bits per heavy atom. The molecule has 0 bridgehead atoms. The van der Waals surface area contributed by atoms with E-state index in [0.29, 0.717) is 0 Å². The second kappa shape index (κ2) is 21.5. The van der Waals surface area contributed by atoms with E-state index < -0.39 is 0 Å². The van der Waals surface area contributed by atoms with Crippen LogP contribution in [0.15, 0.2) is 0 Å². The number of unbranched alkanes of at least 4 members (excludes halogenated alkanes) is 14. The molecule has 0 aliphatic rings. The molecule has 0 aromatic heterocycles. The molecule has 0 unspecified atom stereocenters. The molecule has 3 N–H and O–H groups in total. The second-order valence-electron chi connectivity index (χ2n) is 10.4. The molecule has 0 saturated heterocycles. The third-order valence-electron chi connectivity index (χ3n) is 6.26. The van der Waals surface area contributed by atoms with Gasteiger partial charge in [0.15, 0.2) is 5.96 Å². The van der Waals surface area contributed by atoms with Crippen molar-refractivity contribution >= 4 is 5.96 Å². The average Bonchev–Trinajstić information content (AvgIpc) is 2.68. The molecule has 3 heteroatoms. The van der Waals surface area contributed by atoms with Crippen molar-refractivity contribution in [3.63, 3.8) is 0 Å². The SMILES string of the molecule is CC(C)CCCCCCCCCCN(CCCCCCCCCCC(C)C)C(=N)N. The number of hydrogen-bond acceptors (Lipinski definition) is 1. The highest BCUT2D eigenvalue weighted by molar-refractivity contribution is 5.74. The van der Waals surface area contributed by atoms with E-state index in [-0.39, 0.29) is 5.96 Å². The van der Waals surface area contributed by atoms with Gasteiger partial charge < -0.3 is 10.6 Å². The minimum Gasteiger partial charge on any atom is -0.370 e. The van der Waals surface area contributed by atoms with Crippen LogP contribution in [-0.2, 0) is 0 Å². The van der Waals surface area contributed by atoms with E-state index in [2.05, 4.69) is 32.6 Å². The summed E-state index contributed by atoms with van der Waals surface area (Å²) in [7, 11) is 0. The Labute approximate surface area is 190 Å². The molecule has 0 spiro atoms. The van der Waals surface area contributed by atoms with Gasteiger partial charge in [0, 0.05) is 13.1 Å². The van der Waals surface area contributed by atoms with Crippen molar-refractivity contribution in [3.05, 3.63) is 0 Å². The highest BCUT2D eigenvalue weighted by Gasteiger charge is 2.06. The first kappa shape index (κ1) is 29.3. The molecule has 180 valence electrons. The normalized spacial score (nSPS) is 11.5. The van der Waals surface area contributed by atoms with E-state index in [4.69, 9.17) is 11.1 Å². The predicted octanol–water partition coefficient (Wildman–Crippen LogP) is 8.52. The smallest absolute Gasteiger partial charge is 0.188 e. The Bertz CT molecular complexity index is 337. The van der Waals surface area contributed by atoms with Crippen LogP contribution in [0, 0.1) is 17.2 Å². The summed E-state index contributed by atoms with van der Waals surface area (Å²) in [6.45, 7) is 11.2. The number of hydrogen-bond donors (Lipinski definition) is 2. The molecular formula is C27H57N3. The number of nitrogens with two attached hydrogens (primary N) is 1. The van der Waals surface area contributed by atoms with Crippen LogP contribution in [0.25, 0.3) is 0 Å². The Morgan fingerprint density at radius 3 is 1.07 bits per heavy atom. The van der Waals surface area contributed by atoms with Crippen LogP contribution >= 0.6 is 0 Å². The fourth-order valence-corrected chi connectivity index (χ4v) is 4.18. The van der Waals surface area contributed by atoms with E-state index >= 15 is 0 Å². The summed E-state index contributed by atoms with van der Waals surface area (Å²) in [5.74, 6) is 1.99. The van der Waals surface area contributed by atoms with Crippen molar-refractivity contribution in [1.82, 2.24) is 4.90 Å². The lowest BCUT2D eigenvalue weighted by atomic mass is 10.0. The van der Waals surface area contributed by atoms with Crippen LogP contribution in [0.4, 0.5) is 0 Å². The van der Waals surface area contributed by atoms with Gasteiger partial charge in [0.1, 0.15) is 0 Å². The largest absolute Gasteiger partial charge is 0.370 e. The van der Waals surface area contributed by atoms with Gasteiger partial charge in [-0.3, -0.25) is 5.41 Å². The quantitative estimate of drug-likeness (QED) is 0.104. The molecule has 0 heterocycles. The van der Waals surface area contributed by atoms with Crippen LogP contribution in [0.5, 0.6) is 0 Å². The molecule has 0 amide bonds. The lowest BCUT2D eigenvalue weighted by Crippen LogP contribution is -2.37. The molecule has 0 aliphatic carbocycles. The van der Waals surface area contributed by atoms with Crippen LogP contribution < -0.4 is 5.73 Å². The topological polar surface area (TPSA) is 53.1 Å². The zero-order valence-electron chi connectivity index (χ0n) is 21.3. The van der Waals surface area contributed by atoms with E-state index in [1.165, 1.54) is 116 Å². The summed E-state index contributed by atoms with van der Waals surface area (Å²) in [6.07, 6.45) is 24.4. The second-order valence-corrected chi connectivity index (χ2v) is 10.4. The Kier molecular flexibility index (Phi) is 21.0. The Morgan fingerprint density at radius 1 is 0.533 bits per heavy atom. The number of guanidine groups is 1. The molecule has 0 aromatic carbocycles. The van der Waals surface area contributed by atoms with E-state index in [1.54, 1.807) is 0 Å². The van der Waals surface area contributed by atoms with Gasteiger partial charge in [0.2, 0.25) is 0 Å². The van der Waals surface area contributed by atoms with Gasteiger partial charge in [-0.1, -0.05) is 130 Å². The summed E-state index contributed by atoms with van der Waals surface area (Å²) in [4.78, 5) is 2.10. The van der Waals surface area contributed by atoms with Gasteiger partial charge in [-0.25, -0.2) is 0 Å². The van der Waals surface area contributed by atoms with Crippen molar-refractivity contribution < 1.29 is 0 Å². The standard InChI is InChI=1S/C27H57N3/c1-25(2)21-17-13-9-5-7-11-15-19-23-30(27(28)29)24-20-16-12-8-6-10-14-18-22-26(3)4/h25-26H,5-24H2,1-4H3,(H3,28,29). The van der Waals surface area contributed by atoms with Crippen LogP contribution in [0.2, 0.25) is 0 Å². The summed E-state index contributed by atoms with van der Waals surface area (Å²) in [5, 5.41) is 7.84. The first-order valence-electron chi connectivity index (χ1n) is 13.5. The molecule has 0 aromatic rings. The molecule has 30 heavy (non-hydrogen) atoms. The van der Waals surface area contributed by atoms with Gasteiger partial charge in [-0.2, -0.15) is 0 Å². The van der Waals surface area contributed by atoms with Gasteiger partial charge in [0.25, 0.3) is 0 Å². The lowest BCUT2D eigenvalue weighted by molar-refractivity contribution is 0.378. The van der Waals surface area contributed by atoms with E-state index in [1.807, 2.05) is 0 Å². The minimum atomic E-state index is 0.269. The predicted molar refractivity (Wildman–Crippen MR) is 136 cm³/mol. The highest BCUT2D eigenvalue weighted by Crippen LogP contribution is 2.14. The summed E-state index contributed by atoms with van der Waals surface area (Å²) < 4.78 is 0. The molecule has 0 atom stereocenters. The van der Waals surface area contributed by atoms with Crippen molar-refractivity contribution in [2.24, 2.45) is 17.6 Å². The van der Waals surface area contributed by atoms with Crippen molar-refractivity contribution in [1.29, 1.82) is 5.41 Å². The third-order valence-corrected chi connectivity index (χ3v) is 6.26.